The molecule has 2 aromatic rings. The van der Waals surface area contributed by atoms with Crippen molar-refractivity contribution in [3.63, 3.8) is 0 Å². The Morgan fingerprint density at radius 3 is 2.52 bits per heavy atom. The van der Waals surface area contributed by atoms with Gasteiger partial charge >= 0.3 is 0 Å². The SMILES string of the molecule is CCCCOc1ccc([C@H](CBr)OC(C)OCCCC)c2ccc(=O)[nH]c12. The van der Waals surface area contributed by atoms with Crippen LogP contribution in [-0.2, 0) is 9.47 Å². The molecule has 0 aliphatic carbocycles. The van der Waals surface area contributed by atoms with E-state index >= 15 is 0 Å². The number of halogens is 1. The molecule has 5 nitrogen and oxygen atoms in total. The molecular formula is C21H30BrNO4. The molecule has 0 fully saturated rings. The zero-order valence-corrected chi connectivity index (χ0v) is 18.0. The Morgan fingerprint density at radius 1 is 1.07 bits per heavy atom. The van der Waals surface area contributed by atoms with Gasteiger partial charge in [0.1, 0.15) is 5.75 Å². The zero-order valence-electron chi connectivity index (χ0n) is 16.4. The van der Waals surface area contributed by atoms with Crippen LogP contribution in [0.5, 0.6) is 5.75 Å². The normalized spacial score (nSPS) is 13.6. The number of rotatable bonds is 12. The van der Waals surface area contributed by atoms with Gasteiger partial charge < -0.3 is 19.2 Å². The van der Waals surface area contributed by atoms with Crippen LogP contribution in [0.1, 0.15) is 58.1 Å². The summed E-state index contributed by atoms with van der Waals surface area (Å²) in [5, 5.41) is 1.55. The van der Waals surface area contributed by atoms with Crippen molar-refractivity contribution < 1.29 is 14.2 Å². The highest BCUT2D eigenvalue weighted by molar-refractivity contribution is 9.09. The van der Waals surface area contributed by atoms with E-state index in [1.54, 1.807) is 0 Å². The van der Waals surface area contributed by atoms with E-state index in [9.17, 15) is 4.79 Å². The smallest absolute Gasteiger partial charge is 0.248 e. The lowest BCUT2D eigenvalue weighted by Gasteiger charge is -2.23. The number of H-pyrrole nitrogens is 1. The Morgan fingerprint density at radius 2 is 1.81 bits per heavy atom. The Hall–Kier alpha value is -1.37. The molecule has 0 aliphatic rings. The monoisotopic (exact) mass is 439 g/mol. The third-order valence-corrected chi connectivity index (χ3v) is 4.93. The highest BCUT2D eigenvalue weighted by Crippen LogP contribution is 2.33. The lowest BCUT2D eigenvalue weighted by atomic mass is 10.0. The van der Waals surface area contributed by atoms with Crippen LogP contribution in [0.15, 0.2) is 29.1 Å². The third kappa shape index (κ3) is 6.33. The number of nitrogens with one attached hydrogen (secondary N) is 1. The van der Waals surface area contributed by atoms with Gasteiger partial charge in [-0.05, 0) is 37.5 Å². The summed E-state index contributed by atoms with van der Waals surface area (Å²) in [5.74, 6) is 0.695. The van der Waals surface area contributed by atoms with E-state index in [-0.39, 0.29) is 18.0 Å². The maximum absolute atomic E-state index is 11.9. The van der Waals surface area contributed by atoms with Gasteiger partial charge in [0.2, 0.25) is 5.56 Å². The first-order chi connectivity index (χ1) is 13.1. The lowest BCUT2D eigenvalue weighted by Crippen LogP contribution is -2.19. The van der Waals surface area contributed by atoms with E-state index < -0.39 is 0 Å². The van der Waals surface area contributed by atoms with Crippen LogP contribution >= 0.6 is 15.9 Å². The fourth-order valence-electron chi connectivity index (χ4n) is 2.83. The Kier molecular flexibility index (Phi) is 9.31. The fourth-order valence-corrected chi connectivity index (χ4v) is 3.33. The standard InChI is InChI=1S/C21H30BrNO4/c1-4-6-12-25-15(3)27-19(14-22)16-8-10-18(26-13-7-5-2)21-17(16)9-11-20(24)23-21/h8-11,15,19H,4-7,12-14H2,1-3H3,(H,23,24)/t15?,19-/m0/s1. The van der Waals surface area contributed by atoms with Gasteiger partial charge in [-0.1, -0.05) is 48.7 Å². The van der Waals surface area contributed by atoms with Crippen LogP contribution < -0.4 is 10.3 Å². The molecule has 27 heavy (non-hydrogen) atoms. The van der Waals surface area contributed by atoms with Crippen molar-refractivity contribution in [3.05, 3.63) is 40.2 Å². The molecule has 0 saturated heterocycles. The Labute approximate surface area is 169 Å². The average Bonchev–Trinajstić information content (AvgIpc) is 2.67. The van der Waals surface area contributed by atoms with Crippen molar-refractivity contribution in [1.29, 1.82) is 0 Å². The van der Waals surface area contributed by atoms with E-state index in [1.807, 2.05) is 25.1 Å². The number of ether oxygens (including phenoxy) is 3. The van der Waals surface area contributed by atoms with Gasteiger partial charge in [-0.3, -0.25) is 4.79 Å². The molecule has 1 heterocycles. The molecule has 0 aliphatic heterocycles. The molecule has 6 heteroatoms. The minimum atomic E-state index is -0.308. The first-order valence-electron chi connectivity index (χ1n) is 9.72. The van der Waals surface area contributed by atoms with Crippen molar-refractivity contribution in [2.75, 3.05) is 18.5 Å². The van der Waals surface area contributed by atoms with Crippen LogP contribution in [0.25, 0.3) is 10.9 Å². The summed E-state index contributed by atoms with van der Waals surface area (Å²) in [6, 6.07) is 7.28. The highest BCUT2D eigenvalue weighted by atomic mass is 79.9. The van der Waals surface area contributed by atoms with Crippen molar-refractivity contribution in [3.8, 4) is 5.75 Å². The van der Waals surface area contributed by atoms with Crippen LogP contribution in [-0.4, -0.2) is 29.8 Å². The maximum atomic E-state index is 11.9. The summed E-state index contributed by atoms with van der Waals surface area (Å²) in [5.41, 5.74) is 1.56. The Balaban J connectivity index is 2.28. The topological polar surface area (TPSA) is 60.6 Å². The average molecular weight is 440 g/mol. The molecule has 0 spiro atoms. The quantitative estimate of drug-likeness (QED) is 0.276. The van der Waals surface area contributed by atoms with E-state index in [2.05, 4.69) is 34.8 Å². The summed E-state index contributed by atoms with van der Waals surface area (Å²) in [6.45, 7) is 7.48. The van der Waals surface area contributed by atoms with Crippen LogP contribution in [0.2, 0.25) is 0 Å². The van der Waals surface area contributed by atoms with E-state index in [0.717, 1.165) is 36.6 Å². The molecule has 0 saturated carbocycles. The van der Waals surface area contributed by atoms with Gasteiger partial charge in [0.15, 0.2) is 6.29 Å². The van der Waals surface area contributed by atoms with Crippen molar-refractivity contribution >= 4 is 26.8 Å². The predicted molar refractivity (Wildman–Crippen MR) is 113 cm³/mol. The number of pyridine rings is 1. The number of hydrogen-bond acceptors (Lipinski definition) is 4. The second kappa shape index (κ2) is 11.5. The van der Waals surface area contributed by atoms with Crippen LogP contribution in [0.3, 0.4) is 0 Å². The summed E-state index contributed by atoms with van der Waals surface area (Å²) >= 11 is 3.55. The minimum Gasteiger partial charge on any atom is -0.491 e. The van der Waals surface area contributed by atoms with E-state index in [4.69, 9.17) is 14.2 Å². The predicted octanol–water partition coefficient (Wildman–Crippen LogP) is 5.32. The molecule has 2 atom stereocenters. The zero-order chi connectivity index (χ0) is 19.6. The largest absolute Gasteiger partial charge is 0.491 e. The number of aromatic amines is 1. The molecular weight excluding hydrogens is 410 g/mol. The van der Waals surface area contributed by atoms with Crippen molar-refractivity contribution in [2.45, 2.75) is 58.8 Å². The van der Waals surface area contributed by atoms with Gasteiger partial charge in [-0.15, -0.1) is 0 Å². The molecule has 1 N–H and O–H groups in total. The van der Waals surface area contributed by atoms with Gasteiger partial charge in [0, 0.05) is 23.4 Å². The number of fused-ring (bicyclic) bond motifs is 1. The molecule has 1 aromatic carbocycles. The second-order valence-corrected chi connectivity index (χ2v) is 7.18. The first-order valence-corrected chi connectivity index (χ1v) is 10.8. The fraction of sp³-hybridized carbons (Fsp3) is 0.571. The van der Waals surface area contributed by atoms with Crippen molar-refractivity contribution in [1.82, 2.24) is 4.98 Å². The lowest BCUT2D eigenvalue weighted by molar-refractivity contribution is -0.156. The minimum absolute atomic E-state index is 0.146. The molecule has 0 bridgehead atoms. The van der Waals surface area contributed by atoms with Gasteiger partial charge in [0.25, 0.3) is 0 Å². The maximum Gasteiger partial charge on any atom is 0.248 e. The van der Waals surface area contributed by atoms with Gasteiger partial charge in [-0.2, -0.15) is 0 Å². The second-order valence-electron chi connectivity index (χ2n) is 6.54. The Bertz CT molecular complexity index is 761. The number of benzene rings is 1. The molecule has 2 rings (SSSR count). The van der Waals surface area contributed by atoms with E-state index in [1.165, 1.54) is 6.07 Å². The molecule has 1 unspecified atom stereocenters. The summed E-state index contributed by atoms with van der Waals surface area (Å²) in [6.07, 6.45) is 3.63. The third-order valence-electron chi connectivity index (χ3n) is 4.34. The van der Waals surface area contributed by atoms with Crippen LogP contribution in [0.4, 0.5) is 0 Å². The summed E-state index contributed by atoms with van der Waals surface area (Å²) in [7, 11) is 0. The number of aromatic nitrogens is 1. The van der Waals surface area contributed by atoms with E-state index in [0.29, 0.717) is 29.8 Å². The first kappa shape index (κ1) is 21.9. The summed E-state index contributed by atoms with van der Waals surface area (Å²) < 4.78 is 17.7. The highest BCUT2D eigenvalue weighted by Gasteiger charge is 2.19. The van der Waals surface area contributed by atoms with Gasteiger partial charge in [-0.25, -0.2) is 0 Å². The molecule has 0 amide bonds. The number of alkyl halides is 1. The van der Waals surface area contributed by atoms with Gasteiger partial charge in [0.05, 0.1) is 18.2 Å². The van der Waals surface area contributed by atoms with Crippen LogP contribution in [0, 0.1) is 0 Å². The molecule has 1 aromatic heterocycles. The summed E-state index contributed by atoms with van der Waals surface area (Å²) in [4.78, 5) is 14.8. The molecule has 0 radical (unpaired) electrons. The molecule has 150 valence electrons. The number of hydrogen-bond donors (Lipinski definition) is 1. The van der Waals surface area contributed by atoms with Crippen molar-refractivity contribution in [2.24, 2.45) is 0 Å². The number of unbranched alkanes of at least 4 members (excludes halogenated alkanes) is 2.